The Balaban J connectivity index is 1.55. The van der Waals surface area contributed by atoms with Gasteiger partial charge >= 0.3 is 0 Å². The molecule has 0 aliphatic carbocycles. The highest BCUT2D eigenvalue weighted by Gasteiger charge is 2.12. The second-order valence-electron chi connectivity index (χ2n) is 6.71. The summed E-state index contributed by atoms with van der Waals surface area (Å²) in [6.07, 6.45) is 4.87. The molecular formula is C22H19ClN6O2S. The Morgan fingerprint density at radius 1 is 0.875 bits per heavy atom. The molecule has 10 heteroatoms. The fraction of sp³-hybridized carbons (Fsp3) is 0.0455. The monoisotopic (exact) mass is 466 g/mol. The maximum absolute atomic E-state index is 12.0. The first kappa shape index (κ1) is 21.7. The first-order chi connectivity index (χ1) is 15.4. The van der Waals surface area contributed by atoms with E-state index in [1.54, 1.807) is 36.7 Å². The number of nitrogens with one attached hydrogen (secondary N) is 3. The highest BCUT2D eigenvalue weighted by atomic mass is 35.5. The Labute approximate surface area is 190 Å². The molecule has 4 rings (SSSR count). The molecule has 0 bridgehead atoms. The summed E-state index contributed by atoms with van der Waals surface area (Å²) in [6.45, 7) is 0. The normalized spacial score (nSPS) is 11.2. The van der Waals surface area contributed by atoms with Crippen LogP contribution in [0.4, 0.5) is 23.0 Å². The van der Waals surface area contributed by atoms with Crippen molar-refractivity contribution >= 4 is 44.6 Å². The Morgan fingerprint density at radius 3 is 2.31 bits per heavy atom. The van der Waals surface area contributed by atoms with Crippen molar-refractivity contribution < 1.29 is 8.42 Å². The third-order valence-corrected chi connectivity index (χ3v) is 6.31. The van der Waals surface area contributed by atoms with E-state index in [1.807, 2.05) is 24.3 Å². The van der Waals surface area contributed by atoms with Gasteiger partial charge in [0, 0.05) is 46.0 Å². The molecule has 0 atom stereocenters. The molecule has 0 unspecified atom stereocenters. The Morgan fingerprint density at radius 2 is 1.62 bits per heavy atom. The average molecular weight is 467 g/mol. The van der Waals surface area contributed by atoms with Gasteiger partial charge in [-0.25, -0.2) is 23.1 Å². The van der Waals surface area contributed by atoms with E-state index in [2.05, 4.69) is 30.3 Å². The zero-order valence-electron chi connectivity index (χ0n) is 16.9. The largest absolute Gasteiger partial charge is 0.340 e. The van der Waals surface area contributed by atoms with Crippen LogP contribution in [0.1, 0.15) is 0 Å². The number of halogens is 1. The van der Waals surface area contributed by atoms with Gasteiger partial charge in [0.15, 0.2) is 0 Å². The van der Waals surface area contributed by atoms with E-state index >= 15 is 0 Å². The zero-order chi connectivity index (χ0) is 22.6. The number of hydrogen-bond donors (Lipinski definition) is 3. The molecule has 0 fully saturated rings. The summed E-state index contributed by atoms with van der Waals surface area (Å²) in [5, 5.41) is 6.95. The molecule has 0 radical (unpaired) electrons. The number of nitrogens with zero attached hydrogens (tertiary/aromatic N) is 3. The molecule has 2 aromatic heterocycles. The predicted octanol–water partition coefficient (Wildman–Crippen LogP) is 4.59. The molecule has 0 amide bonds. The number of aromatic nitrogens is 3. The van der Waals surface area contributed by atoms with Gasteiger partial charge in [-0.15, -0.1) is 0 Å². The van der Waals surface area contributed by atoms with Crippen LogP contribution in [-0.4, -0.2) is 30.4 Å². The van der Waals surface area contributed by atoms with Crippen LogP contribution in [0.5, 0.6) is 0 Å². The lowest BCUT2D eigenvalue weighted by molar-refractivity contribution is 0.588. The molecule has 0 aliphatic heterocycles. The topological polar surface area (TPSA) is 109 Å². The van der Waals surface area contributed by atoms with Gasteiger partial charge in [-0.3, -0.25) is 4.98 Å². The van der Waals surface area contributed by atoms with Gasteiger partial charge in [0.05, 0.1) is 4.90 Å². The molecule has 32 heavy (non-hydrogen) atoms. The second kappa shape index (κ2) is 9.31. The van der Waals surface area contributed by atoms with Crippen molar-refractivity contribution in [2.24, 2.45) is 0 Å². The Hall–Kier alpha value is -3.53. The summed E-state index contributed by atoms with van der Waals surface area (Å²) in [5.74, 6) is 1.06. The minimum Gasteiger partial charge on any atom is -0.340 e. The molecule has 2 aromatic carbocycles. The van der Waals surface area contributed by atoms with E-state index in [-0.39, 0.29) is 4.90 Å². The van der Waals surface area contributed by atoms with Crippen molar-refractivity contribution in [2.45, 2.75) is 4.90 Å². The fourth-order valence-corrected chi connectivity index (χ4v) is 4.00. The lowest BCUT2D eigenvalue weighted by Crippen LogP contribution is -2.18. The number of hydrogen-bond acceptors (Lipinski definition) is 7. The van der Waals surface area contributed by atoms with Crippen LogP contribution in [-0.2, 0) is 10.0 Å². The van der Waals surface area contributed by atoms with Crippen molar-refractivity contribution in [3.05, 3.63) is 84.4 Å². The zero-order valence-corrected chi connectivity index (χ0v) is 18.5. The molecule has 0 saturated heterocycles. The van der Waals surface area contributed by atoms with Crippen molar-refractivity contribution in [2.75, 3.05) is 17.7 Å². The van der Waals surface area contributed by atoms with Crippen LogP contribution in [0.15, 0.2) is 84.3 Å². The van der Waals surface area contributed by atoms with E-state index < -0.39 is 10.0 Å². The number of benzene rings is 2. The second-order valence-corrected chi connectivity index (χ2v) is 9.00. The minimum absolute atomic E-state index is 0.154. The minimum atomic E-state index is -3.54. The molecule has 162 valence electrons. The Bertz CT molecular complexity index is 1350. The Kier molecular flexibility index (Phi) is 6.31. The highest BCUT2D eigenvalue weighted by Crippen LogP contribution is 2.31. The van der Waals surface area contributed by atoms with Gasteiger partial charge in [-0.05, 0) is 49.5 Å². The number of rotatable bonds is 7. The van der Waals surface area contributed by atoms with Gasteiger partial charge in [0.25, 0.3) is 0 Å². The van der Waals surface area contributed by atoms with Crippen LogP contribution in [0.3, 0.4) is 0 Å². The summed E-state index contributed by atoms with van der Waals surface area (Å²) < 4.78 is 26.4. The van der Waals surface area contributed by atoms with Crippen LogP contribution < -0.4 is 15.4 Å². The standard InChI is InChI=1S/C22H19ClN6O2S/c1-24-32(30,31)18-6-2-5-16(10-18)28-21-12-22(27-14-26-21)29-17-7-8-20(23)19(11-17)15-4-3-9-25-13-15/h2-14,24H,1H3,(H2,26,27,28,29). The van der Waals surface area contributed by atoms with Gasteiger partial charge in [-0.1, -0.05) is 23.7 Å². The van der Waals surface area contributed by atoms with E-state index in [9.17, 15) is 8.42 Å². The third-order valence-electron chi connectivity index (χ3n) is 4.56. The lowest BCUT2D eigenvalue weighted by atomic mass is 10.1. The first-order valence-electron chi connectivity index (χ1n) is 9.54. The van der Waals surface area contributed by atoms with Crippen LogP contribution in [0, 0.1) is 0 Å². The van der Waals surface area contributed by atoms with Crippen LogP contribution >= 0.6 is 11.6 Å². The van der Waals surface area contributed by atoms with Gasteiger partial charge in [0.2, 0.25) is 10.0 Å². The van der Waals surface area contributed by atoms with Crippen molar-refractivity contribution in [3.63, 3.8) is 0 Å². The van der Waals surface area contributed by atoms with Gasteiger partial charge in [-0.2, -0.15) is 0 Å². The quantitative estimate of drug-likeness (QED) is 0.365. The predicted molar refractivity (Wildman–Crippen MR) is 126 cm³/mol. The molecule has 0 saturated carbocycles. The molecular weight excluding hydrogens is 448 g/mol. The highest BCUT2D eigenvalue weighted by molar-refractivity contribution is 7.89. The summed E-state index contributed by atoms with van der Waals surface area (Å²) in [7, 11) is -2.17. The summed E-state index contributed by atoms with van der Waals surface area (Å²) >= 11 is 6.37. The molecule has 3 N–H and O–H groups in total. The molecule has 0 spiro atoms. The molecule has 8 nitrogen and oxygen atoms in total. The van der Waals surface area contributed by atoms with Gasteiger partial charge < -0.3 is 10.6 Å². The smallest absolute Gasteiger partial charge is 0.240 e. The SMILES string of the molecule is CNS(=O)(=O)c1cccc(Nc2cc(Nc3ccc(Cl)c(-c4cccnc4)c3)ncn2)c1. The van der Waals surface area contributed by atoms with E-state index in [0.717, 1.165) is 16.8 Å². The van der Waals surface area contributed by atoms with Crippen LogP contribution in [0.25, 0.3) is 11.1 Å². The summed E-state index contributed by atoms with van der Waals surface area (Å²) in [5.41, 5.74) is 3.12. The first-order valence-corrected chi connectivity index (χ1v) is 11.4. The number of pyridine rings is 1. The molecule has 2 heterocycles. The fourth-order valence-electron chi connectivity index (χ4n) is 2.99. The van der Waals surface area contributed by atoms with E-state index in [1.165, 1.54) is 25.5 Å². The number of sulfonamides is 1. The maximum Gasteiger partial charge on any atom is 0.240 e. The van der Waals surface area contributed by atoms with Gasteiger partial charge in [0.1, 0.15) is 18.0 Å². The lowest BCUT2D eigenvalue weighted by Gasteiger charge is -2.11. The average Bonchev–Trinajstić information content (AvgIpc) is 2.81. The third kappa shape index (κ3) is 5.02. The van der Waals surface area contributed by atoms with E-state index in [0.29, 0.717) is 22.3 Å². The van der Waals surface area contributed by atoms with Crippen molar-refractivity contribution in [3.8, 4) is 11.1 Å². The molecule has 4 aromatic rings. The van der Waals surface area contributed by atoms with Crippen molar-refractivity contribution in [1.29, 1.82) is 0 Å². The van der Waals surface area contributed by atoms with E-state index in [4.69, 9.17) is 11.6 Å². The summed E-state index contributed by atoms with van der Waals surface area (Å²) in [6, 6.07) is 17.5. The molecule has 0 aliphatic rings. The maximum atomic E-state index is 12.0. The number of anilines is 4. The van der Waals surface area contributed by atoms with Crippen LogP contribution in [0.2, 0.25) is 5.02 Å². The van der Waals surface area contributed by atoms with Crippen molar-refractivity contribution in [1.82, 2.24) is 19.7 Å². The summed E-state index contributed by atoms with van der Waals surface area (Å²) in [4.78, 5) is 12.8.